The predicted molar refractivity (Wildman–Crippen MR) is 96.6 cm³/mol. The summed E-state index contributed by atoms with van der Waals surface area (Å²) in [5.41, 5.74) is 1.58. The van der Waals surface area contributed by atoms with Crippen LogP contribution in [0, 0.1) is 5.82 Å². The molecule has 0 fully saturated rings. The highest BCUT2D eigenvalue weighted by atomic mass is 79.9. The summed E-state index contributed by atoms with van der Waals surface area (Å²) >= 11 is 3.59. The van der Waals surface area contributed by atoms with Crippen molar-refractivity contribution >= 4 is 24.0 Å². The zero-order valence-electron chi connectivity index (χ0n) is 14.1. The molecule has 126 valence electrons. The number of halogens is 2. The standard InChI is InChI=1S/C16H23BrFN3OSi/c1-5-13-15(17)21(11-22-8-9-23(2,3)4)16(20-13)14-7-6-12(18)10-19-14/h6-7,10H,5,8-9,11H2,1-4H3. The number of aromatic nitrogens is 3. The molecule has 0 aromatic carbocycles. The molecule has 2 aromatic rings. The Morgan fingerprint density at radius 2 is 2.04 bits per heavy atom. The van der Waals surface area contributed by atoms with Crippen LogP contribution in [-0.4, -0.2) is 29.2 Å². The zero-order valence-corrected chi connectivity index (χ0v) is 16.7. The van der Waals surface area contributed by atoms with Gasteiger partial charge in [-0.2, -0.15) is 0 Å². The second-order valence-corrected chi connectivity index (χ2v) is 13.0. The number of hydrogen-bond donors (Lipinski definition) is 0. The van der Waals surface area contributed by atoms with Crippen molar-refractivity contribution in [3.63, 3.8) is 0 Å². The first kappa shape index (κ1) is 18.3. The second-order valence-electron chi connectivity index (χ2n) is 6.66. The predicted octanol–water partition coefficient (Wildman–Crippen LogP) is 4.72. The highest BCUT2D eigenvalue weighted by Crippen LogP contribution is 2.26. The van der Waals surface area contributed by atoms with Crippen molar-refractivity contribution in [2.45, 2.75) is 45.8 Å². The smallest absolute Gasteiger partial charge is 0.161 e. The van der Waals surface area contributed by atoms with E-state index in [1.165, 1.54) is 12.3 Å². The van der Waals surface area contributed by atoms with E-state index in [-0.39, 0.29) is 5.82 Å². The molecule has 23 heavy (non-hydrogen) atoms. The number of ether oxygens (including phenoxy) is 1. The highest BCUT2D eigenvalue weighted by Gasteiger charge is 2.17. The monoisotopic (exact) mass is 399 g/mol. The van der Waals surface area contributed by atoms with E-state index < -0.39 is 8.07 Å². The van der Waals surface area contributed by atoms with Gasteiger partial charge in [0.25, 0.3) is 0 Å². The minimum Gasteiger partial charge on any atom is -0.361 e. The Morgan fingerprint density at radius 1 is 1.30 bits per heavy atom. The molecule has 0 unspecified atom stereocenters. The van der Waals surface area contributed by atoms with Gasteiger partial charge in [0.15, 0.2) is 5.82 Å². The maximum atomic E-state index is 13.1. The largest absolute Gasteiger partial charge is 0.361 e. The molecule has 7 heteroatoms. The average Bonchev–Trinajstić information content (AvgIpc) is 2.80. The molecule has 0 radical (unpaired) electrons. The number of rotatable bonds is 7. The topological polar surface area (TPSA) is 39.9 Å². The number of pyridine rings is 1. The van der Waals surface area contributed by atoms with Crippen molar-refractivity contribution in [1.82, 2.24) is 14.5 Å². The molecule has 0 spiro atoms. The first-order chi connectivity index (χ1) is 10.8. The zero-order chi connectivity index (χ0) is 17.0. The van der Waals surface area contributed by atoms with Crippen molar-refractivity contribution in [3.05, 3.63) is 34.4 Å². The number of hydrogen-bond acceptors (Lipinski definition) is 3. The fourth-order valence-corrected chi connectivity index (χ4v) is 3.46. The third kappa shape index (κ3) is 4.96. The summed E-state index contributed by atoms with van der Waals surface area (Å²) < 4.78 is 21.8. The molecular weight excluding hydrogens is 377 g/mol. The van der Waals surface area contributed by atoms with E-state index in [0.717, 1.165) is 29.4 Å². The van der Waals surface area contributed by atoms with Crippen LogP contribution in [0.3, 0.4) is 0 Å². The summed E-state index contributed by atoms with van der Waals surface area (Å²) in [6.45, 7) is 10.2. The van der Waals surface area contributed by atoms with Crippen LogP contribution < -0.4 is 0 Å². The van der Waals surface area contributed by atoms with E-state index >= 15 is 0 Å². The van der Waals surface area contributed by atoms with Crippen LogP contribution in [0.5, 0.6) is 0 Å². The van der Waals surface area contributed by atoms with Crippen molar-refractivity contribution in [2.24, 2.45) is 0 Å². The van der Waals surface area contributed by atoms with Gasteiger partial charge in [0.05, 0.1) is 11.9 Å². The van der Waals surface area contributed by atoms with Crippen LogP contribution in [0.15, 0.2) is 22.9 Å². The van der Waals surface area contributed by atoms with E-state index in [2.05, 4.69) is 45.5 Å². The normalized spacial score (nSPS) is 11.9. The van der Waals surface area contributed by atoms with Crippen LogP contribution in [0.2, 0.25) is 25.7 Å². The van der Waals surface area contributed by atoms with Crippen LogP contribution in [0.4, 0.5) is 4.39 Å². The van der Waals surface area contributed by atoms with Crippen LogP contribution in [-0.2, 0) is 17.9 Å². The van der Waals surface area contributed by atoms with Gasteiger partial charge in [0, 0.05) is 14.7 Å². The van der Waals surface area contributed by atoms with Gasteiger partial charge in [-0.05, 0) is 40.5 Å². The average molecular weight is 400 g/mol. The van der Waals surface area contributed by atoms with Crippen LogP contribution in [0.1, 0.15) is 12.6 Å². The first-order valence-electron chi connectivity index (χ1n) is 7.76. The van der Waals surface area contributed by atoms with Crippen molar-refractivity contribution < 1.29 is 9.13 Å². The molecule has 0 aliphatic rings. The van der Waals surface area contributed by atoms with Gasteiger partial charge in [-0.25, -0.2) is 14.4 Å². The number of imidazole rings is 1. The highest BCUT2D eigenvalue weighted by molar-refractivity contribution is 9.10. The molecule has 0 aliphatic carbocycles. The molecule has 2 aromatic heterocycles. The molecule has 0 atom stereocenters. The van der Waals surface area contributed by atoms with Crippen molar-refractivity contribution in [3.8, 4) is 11.5 Å². The molecule has 2 heterocycles. The minimum absolute atomic E-state index is 0.354. The van der Waals surface area contributed by atoms with E-state index in [9.17, 15) is 4.39 Å². The van der Waals surface area contributed by atoms with E-state index in [1.54, 1.807) is 6.07 Å². The second kappa shape index (κ2) is 7.68. The fourth-order valence-electron chi connectivity index (χ4n) is 2.06. The Labute approximate surface area is 146 Å². The summed E-state index contributed by atoms with van der Waals surface area (Å²) in [6, 6.07) is 4.15. The summed E-state index contributed by atoms with van der Waals surface area (Å²) in [7, 11) is -1.11. The van der Waals surface area contributed by atoms with Crippen molar-refractivity contribution in [2.75, 3.05) is 6.61 Å². The quantitative estimate of drug-likeness (QED) is 0.499. The van der Waals surface area contributed by atoms with E-state index in [1.807, 2.05) is 11.5 Å². The molecular formula is C16H23BrFN3OSi. The van der Waals surface area contributed by atoms with Gasteiger partial charge in [-0.15, -0.1) is 0 Å². The molecule has 2 rings (SSSR count). The Bertz CT molecular complexity index is 653. The van der Waals surface area contributed by atoms with Gasteiger partial charge in [-0.3, -0.25) is 4.57 Å². The summed E-state index contributed by atoms with van der Waals surface area (Å²) in [6.07, 6.45) is 2.01. The van der Waals surface area contributed by atoms with Crippen molar-refractivity contribution in [1.29, 1.82) is 0 Å². The Hall–Kier alpha value is -1.05. The molecule has 4 nitrogen and oxygen atoms in total. The summed E-state index contributed by atoms with van der Waals surface area (Å²) in [4.78, 5) is 8.75. The fraction of sp³-hybridized carbons (Fsp3) is 0.500. The lowest BCUT2D eigenvalue weighted by Crippen LogP contribution is -2.22. The van der Waals surface area contributed by atoms with Gasteiger partial charge < -0.3 is 4.74 Å². The minimum atomic E-state index is -1.11. The summed E-state index contributed by atoms with van der Waals surface area (Å²) in [5.74, 6) is 0.342. The first-order valence-corrected chi connectivity index (χ1v) is 12.3. The molecule has 0 aliphatic heterocycles. The lowest BCUT2D eigenvalue weighted by Gasteiger charge is -2.16. The van der Waals surface area contributed by atoms with E-state index in [0.29, 0.717) is 18.2 Å². The Kier molecular flexibility index (Phi) is 6.10. The maximum absolute atomic E-state index is 13.1. The van der Waals surface area contributed by atoms with Gasteiger partial charge in [-0.1, -0.05) is 26.6 Å². The van der Waals surface area contributed by atoms with Gasteiger partial charge in [0.2, 0.25) is 0 Å². The SMILES string of the molecule is CCc1nc(-c2ccc(F)cn2)n(COCC[Si](C)(C)C)c1Br. The molecule has 0 N–H and O–H groups in total. The third-order valence-electron chi connectivity index (χ3n) is 3.48. The van der Waals surface area contributed by atoms with Crippen LogP contribution >= 0.6 is 15.9 Å². The molecule has 0 bridgehead atoms. The van der Waals surface area contributed by atoms with E-state index in [4.69, 9.17) is 4.74 Å². The Balaban J connectivity index is 2.20. The number of aryl methyl sites for hydroxylation is 1. The molecule has 0 amide bonds. The Morgan fingerprint density at radius 3 is 2.61 bits per heavy atom. The lowest BCUT2D eigenvalue weighted by atomic mass is 10.3. The van der Waals surface area contributed by atoms with Gasteiger partial charge in [0.1, 0.15) is 22.8 Å². The van der Waals surface area contributed by atoms with Crippen LogP contribution in [0.25, 0.3) is 11.5 Å². The molecule has 0 saturated carbocycles. The number of nitrogens with zero attached hydrogens (tertiary/aromatic N) is 3. The maximum Gasteiger partial charge on any atom is 0.161 e. The van der Waals surface area contributed by atoms with Gasteiger partial charge >= 0.3 is 0 Å². The summed E-state index contributed by atoms with van der Waals surface area (Å²) in [5, 5.41) is 0. The third-order valence-corrected chi connectivity index (χ3v) is 6.07. The molecule has 0 saturated heterocycles. The lowest BCUT2D eigenvalue weighted by molar-refractivity contribution is 0.0868.